The molecule has 4 aromatic rings. The summed E-state index contributed by atoms with van der Waals surface area (Å²) in [6, 6.07) is 21.8. The van der Waals surface area contributed by atoms with E-state index >= 15 is 0 Å². The fraction of sp³-hybridized carbons (Fsp3) is 0.167. The first-order valence-corrected chi connectivity index (χ1v) is 11.1. The van der Waals surface area contributed by atoms with Gasteiger partial charge in [-0.25, -0.2) is 0 Å². The number of carbonyl (C=O) groups excluding carboxylic acids is 2. The maximum atomic E-state index is 13.0. The van der Waals surface area contributed by atoms with E-state index in [1.807, 2.05) is 44.2 Å². The van der Waals surface area contributed by atoms with Crippen molar-refractivity contribution >= 4 is 22.5 Å². The topological polar surface area (TPSA) is 67.3 Å². The van der Waals surface area contributed by atoms with Gasteiger partial charge in [-0.1, -0.05) is 44.2 Å². The Morgan fingerprint density at radius 3 is 2.31 bits per heavy atom. The van der Waals surface area contributed by atoms with E-state index in [-0.39, 0.29) is 37.4 Å². The van der Waals surface area contributed by atoms with Crippen LogP contribution in [-0.4, -0.2) is 21.7 Å². The van der Waals surface area contributed by atoms with Gasteiger partial charge in [-0.3, -0.25) is 14.6 Å². The van der Waals surface area contributed by atoms with Gasteiger partial charge in [-0.05, 0) is 60.7 Å². The summed E-state index contributed by atoms with van der Waals surface area (Å²) < 4.78 is 0. The first-order valence-electron chi connectivity index (χ1n) is 11.1. The molecule has 0 fully saturated rings. The van der Waals surface area contributed by atoms with E-state index in [4.69, 9.17) is 10.1 Å². The number of hydrogen-bond acceptors (Lipinski definition) is 4. The zero-order valence-corrected chi connectivity index (χ0v) is 22.7. The van der Waals surface area contributed by atoms with Gasteiger partial charge in [0.2, 0.25) is 0 Å². The molecule has 4 nitrogen and oxygen atoms in total. The van der Waals surface area contributed by atoms with Gasteiger partial charge in [0, 0.05) is 37.3 Å². The maximum Gasteiger partial charge on any atom is 0.194 e. The average Bonchev–Trinajstić information content (AvgIpc) is 3.03. The SMILES string of the molecule is CC(=O)/C=C(/C)O.Cc1[c-]c(-c2ccc3cc4c(cc3n2)C(=O)c2c(C)cccc2-4)cc(C)c1.[Ir]. The van der Waals surface area contributed by atoms with Gasteiger partial charge in [0.1, 0.15) is 0 Å². The van der Waals surface area contributed by atoms with Crippen LogP contribution in [0.5, 0.6) is 0 Å². The van der Waals surface area contributed by atoms with Gasteiger partial charge in [-0.15, -0.1) is 34.9 Å². The van der Waals surface area contributed by atoms with Crippen LogP contribution in [0.4, 0.5) is 0 Å². The number of carbonyl (C=O) groups is 2. The summed E-state index contributed by atoms with van der Waals surface area (Å²) in [6.07, 6.45) is 1.17. The van der Waals surface area contributed by atoms with Crippen LogP contribution in [0.2, 0.25) is 0 Å². The molecule has 35 heavy (non-hydrogen) atoms. The quantitative estimate of drug-likeness (QED) is 0.130. The first kappa shape index (κ1) is 26.2. The molecule has 1 N–H and O–H groups in total. The van der Waals surface area contributed by atoms with Crippen LogP contribution in [0, 0.1) is 26.8 Å². The fourth-order valence-corrected chi connectivity index (χ4v) is 4.39. The van der Waals surface area contributed by atoms with Gasteiger partial charge in [-0.2, -0.15) is 0 Å². The zero-order chi connectivity index (χ0) is 24.6. The Labute approximate surface area is 219 Å². The summed E-state index contributed by atoms with van der Waals surface area (Å²) in [7, 11) is 0. The molecular weight excluding hydrogens is 615 g/mol. The molecule has 0 spiro atoms. The van der Waals surface area contributed by atoms with Crippen molar-refractivity contribution in [3.05, 3.63) is 100 Å². The second kappa shape index (κ2) is 10.5. The van der Waals surface area contributed by atoms with E-state index in [2.05, 4.69) is 37.3 Å². The van der Waals surface area contributed by atoms with Crippen LogP contribution in [0.3, 0.4) is 0 Å². The van der Waals surface area contributed by atoms with E-state index in [9.17, 15) is 9.59 Å². The molecule has 0 saturated heterocycles. The number of aryl methyl sites for hydroxylation is 3. The molecular formula is C30H26IrNO3-. The Balaban J connectivity index is 0.000000378. The number of aromatic nitrogens is 1. The predicted octanol–water partition coefficient (Wildman–Crippen LogP) is 6.87. The van der Waals surface area contributed by atoms with Crippen molar-refractivity contribution in [2.75, 3.05) is 0 Å². The molecule has 0 unspecified atom stereocenters. The van der Waals surface area contributed by atoms with Crippen LogP contribution in [0.25, 0.3) is 33.3 Å². The summed E-state index contributed by atoms with van der Waals surface area (Å²) in [5, 5.41) is 9.41. The van der Waals surface area contributed by atoms with Crippen molar-refractivity contribution in [1.29, 1.82) is 0 Å². The van der Waals surface area contributed by atoms with Crippen molar-refractivity contribution in [3.8, 4) is 22.4 Å². The zero-order valence-electron chi connectivity index (χ0n) is 20.3. The Morgan fingerprint density at radius 1 is 0.943 bits per heavy atom. The van der Waals surface area contributed by atoms with Crippen molar-refractivity contribution in [1.82, 2.24) is 4.98 Å². The predicted molar refractivity (Wildman–Crippen MR) is 136 cm³/mol. The Bertz CT molecular complexity index is 1480. The molecule has 1 aliphatic rings. The monoisotopic (exact) mass is 641 g/mol. The number of nitrogens with zero attached hydrogens (tertiary/aromatic N) is 1. The standard InChI is InChI=1S/C25H18NO.C5H8O2.Ir/c1-14-9-15(2)11-18(10-14)22-8-7-17-12-20-19-6-4-5-16(3)24(19)25(27)21(20)13-23(17)26-22;1-4(6)3-5(2)7;/h4-10,12-13H,1-3H3;3,6H,1-2H3;/q-1;;/b;4-3-;. The molecule has 5 heteroatoms. The minimum Gasteiger partial charge on any atom is -0.512 e. The van der Waals surface area contributed by atoms with Gasteiger partial charge >= 0.3 is 0 Å². The van der Waals surface area contributed by atoms with E-state index in [1.54, 1.807) is 0 Å². The number of benzene rings is 3. The normalized spacial score (nSPS) is 11.8. The molecule has 0 saturated carbocycles. The van der Waals surface area contributed by atoms with E-state index in [0.717, 1.165) is 55.5 Å². The number of ketones is 2. The number of pyridine rings is 1. The van der Waals surface area contributed by atoms with Crippen molar-refractivity contribution in [3.63, 3.8) is 0 Å². The molecule has 0 amide bonds. The molecule has 1 aliphatic carbocycles. The van der Waals surface area contributed by atoms with Crippen LogP contribution in [-0.2, 0) is 24.9 Å². The summed E-state index contributed by atoms with van der Waals surface area (Å²) in [5.41, 5.74) is 9.65. The van der Waals surface area contributed by atoms with Crippen LogP contribution >= 0.6 is 0 Å². The third-order valence-corrected chi connectivity index (χ3v) is 5.70. The second-order valence-electron chi connectivity index (χ2n) is 8.76. The number of fused-ring (bicyclic) bond motifs is 4. The van der Waals surface area contributed by atoms with Crippen LogP contribution in [0.15, 0.2) is 66.4 Å². The number of rotatable bonds is 2. The molecule has 5 rings (SSSR count). The fourth-order valence-electron chi connectivity index (χ4n) is 4.39. The maximum absolute atomic E-state index is 13.0. The summed E-state index contributed by atoms with van der Waals surface area (Å²) in [5.74, 6) is 0.0395. The molecule has 179 valence electrons. The second-order valence-corrected chi connectivity index (χ2v) is 8.76. The number of aliphatic hydroxyl groups excluding tert-OH is 1. The van der Waals surface area contributed by atoms with Crippen LogP contribution in [0.1, 0.15) is 46.5 Å². The first-order chi connectivity index (χ1) is 16.1. The summed E-state index contributed by atoms with van der Waals surface area (Å²) in [4.78, 5) is 27.8. The van der Waals surface area contributed by atoms with Crippen molar-refractivity contribution < 1.29 is 34.8 Å². The average molecular weight is 641 g/mol. The third kappa shape index (κ3) is 5.48. The van der Waals surface area contributed by atoms with Gasteiger partial charge in [0.15, 0.2) is 11.6 Å². The van der Waals surface area contributed by atoms with Gasteiger partial charge < -0.3 is 5.11 Å². The number of hydrogen-bond donors (Lipinski definition) is 1. The Hall–Kier alpha value is -3.40. The molecule has 1 heterocycles. The minimum atomic E-state index is -0.125. The van der Waals surface area contributed by atoms with Gasteiger partial charge in [0.05, 0.1) is 11.3 Å². The summed E-state index contributed by atoms with van der Waals surface area (Å²) >= 11 is 0. The Kier molecular flexibility index (Phi) is 7.84. The molecule has 3 aromatic carbocycles. The minimum absolute atomic E-state index is 0. The van der Waals surface area contributed by atoms with E-state index in [0.29, 0.717) is 0 Å². The molecule has 0 aliphatic heterocycles. The van der Waals surface area contributed by atoms with Crippen molar-refractivity contribution in [2.45, 2.75) is 34.6 Å². The summed E-state index contributed by atoms with van der Waals surface area (Å²) in [6.45, 7) is 8.97. The van der Waals surface area contributed by atoms with Crippen LogP contribution < -0.4 is 0 Å². The smallest absolute Gasteiger partial charge is 0.194 e. The van der Waals surface area contributed by atoms with Gasteiger partial charge in [0.25, 0.3) is 0 Å². The van der Waals surface area contributed by atoms with E-state index < -0.39 is 0 Å². The Morgan fingerprint density at radius 2 is 1.69 bits per heavy atom. The third-order valence-electron chi connectivity index (χ3n) is 5.70. The number of allylic oxidation sites excluding steroid dienone is 2. The largest absolute Gasteiger partial charge is 0.512 e. The molecule has 0 bridgehead atoms. The van der Waals surface area contributed by atoms with Crippen molar-refractivity contribution in [2.24, 2.45) is 0 Å². The molecule has 0 atom stereocenters. The number of aliphatic hydroxyl groups is 1. The molecule has 1 radical (unpaired) electrons. The molecule has 1 aromatic heterocycles. The van der Waals surface area contributed by atoms with E-state index in [1.165, 1.54) is 25.5 Å².